The van der Waals surface area contributed by atoms with Crippen LogP contribution in [0.4, 0.5) is 0 Å². The molecule has 0 fully saturated rings. The lowest BCUT2D eigenvalue weighted by atomic mass is 9.98. The maximum atomic E-state index is 12.8. The molecule has 1 aliphatic heterocycles. The van der Waals surface area contributed by atoms with E-state index in [1.807, 2.05) is 18.3 Å². The number of fused-ring (bicyclic) bond motifs is 1. The monoisotopic (exact) mass is 510 g/mol. The maximum Gasteiger partial charge on any atom is 0.178 e. The normalized spacial score (nSPS) is 16.0. The van der Waals surface area contributed by atoms with Crippen LogP contribution in [0.2, 0.25) is 5.02 Å². The second kappa shape index (κ2) is 10.6. The Kier molecular flexibility index (Phi) is 7.74. The van der Waals surface area contributed by atoms with Gasteiger partial charge >= 0.3 is 0 Å². The SMILES string of the molecule is CCS(=O)(=O)c1ccc(CC(=O)Cc2cnc3c(c2)CN(Cc2ccc(Cl)cc2)[C@H]3C(C)C)cc1. The lowest BCUT2D eigenvalue weighted by Crippen LogP contribution is -2.25. The zero-order valence-electron chi connectivity index (χ0n) is 20.4. The van der Waals surface area contributed by atoms with E-state index >= 15 is 0 Å². The number of ketones is 1. The van der Waals surface area contributed by atoms with E-state index in [1.165, 1.54) is 11.1 Å². The lowest BCUT2D eigenvalue weighted by Gasteiger charge is -2.27. The Bertz CT molecular complexity index is 1300. The van der Waals surface area contributed by atoms with Crippen molar-refractivity contribution in [3.63, 3.8) is 0 Å². The van der Waals surface area contributed by atoms with Crippen molar-refractivity contribution in [2.24, 2.45) is 5.92 Å². The molecule has 0 N–H and O–H groups in total. The first kappa shape index (κ1) is 25.5. The van der Waals surface area contributed by atoms with E-state index in [2.05, 4.69) is 36.9 Å². The summed E-state index contributed by atoms with van der Waals surface area (Å²) in [7, 11) is -3.24. The summed E-state index contributed by atoms with van der Waals surface area (Å²) in [5, 5.41) is 0.733. The Hall–Kier alpha value is -2.54. The van der Waals surface area contributed by atoms with Gasteiger partial charge in [0.15, 0.2) is 9.84 Å². The van der Waals surface area contributed by atoms with Gasteiger partial charge < -0.3 is 0 Å². The van der Waals surface area contributed by atoms with Gasteiger partial charge in [-0.15, -0.1) is 0 Å². The van der Waals surface area contributed by atoms with E-state index in [0.29, 0.717) is 17.2 Å². The van der Waals surface area contributed by atoms with Gasteiger partial charge in [-0.3, -0.25) is 14.7 Å². The van der Waals surface area contributed by atoms with Crippen molar-refractivity contribution in [2.75, 3.05) is 5.75 Å². The van der Waals surface area contributed by atoms with Crippen LogP contribution in [0.3, 0.4) is 0 Å². The van der Waals surface area contributed by atoms with Gasteiger partial charge in [-0.25, -0.2) is 8.42 Å². The minimum atomic E-state index is -3.24. The Morgan fingerprint density at radius 3 is 2.29 bits per heavy atom. The average Bonchev–Trinajstić information content (AvgIpc) is 3.18. The van der Waals surface area contributed by atoms with Gasteiger partial charge in [-0.2, -0.15) is 0 Å². The number of halogens is 1. The molecule has 2 heterocycles. The van der Waals surface area contributed by atoms with E-state index in [9.17, 15) is 13.2 Å². The van der Waals surface area contributed by atoms with Crippen molar-refractivity contribution in [1.29, 1.82) is 0 Å². The molecule has 1 aliphatic rings. The number of pyridine rings is 1. The first-order valence-corrected chi connectivity index (χ1v) is 14.0. The van der Waals surface area contributed by atoms with Crippen molar-refractivity contribution >= 4 is 27.2 Å². The number of nitrogens with zero attached hydrogens (tertiary/aromatic N) is 2. The number of sulfone groups is 1. The zero-order chi connectivity index (χ0) is 25.2. The first-order valence-electron chi connectivity index (χ1n) is 12.0. The van der Waals surface area contributed by atoms with E-state index in [1.54, 1.807) is 31.2 Å². The largest absolute Gasteiger partial charge is 0.299 e. The number of carbonyl (C=O) groups excluding carboxylic acids is 1. The number of hydrogen-bond donors (Lipinski definition) is 0. The molecule has 0 spiro atoms. The van der Waals surface area contributed by atoms with Gasteiger partial charge in [0.25, 0.3) is 0 Å². The molecule has 0 bridgehead atoms. The average molecular weight is 511 g/mol. The van der Waals surface area contributed by atoms with Crippen LogP contribution in [-0.4, -0.2) is 29.8 Å². The summed E-state index contributed by atoms with van der Waals surface area (Å²) in [6.07, 6.45) is 2.40. The van der Waals surface area contributed by atoms with Crippen LogP contribution >= 0.6 is 11.6 Å². The van der Waals surface area contributed by atoms with Crippen LogP contribution in [0.5, 0.6) is 0 Å². The van der Waals surface area contributed by atoms with Crippen LogP contribution < -0.4 is 0 Å². The third kappa shape index (κ3) is 6.00. The summed E-state index contributed by atoms with van der Waals surface area (Å²) in [6.45, 7) is 7.66. The number of rotatable bonds is 9. The van der Waals surface area contributed by atoms with Gasteiger partial charge in [0.2, 0.25) is 0 Å². The van der Waals surface area contributed by atoms with Crippen LogP contribution in [0, 0.1) is 5.92 Å². The van der Waals surface area contributed by atoms with Crippen molar-refractivity contribution in [3.05, 3.63) is 93.8 Å². The summed E-state index contributed by atoms with van der Waals surface area (Å²) in [5.74, 6) is 0.545. The summed E-state index contributed by atoms with van der Waals surface area (Å²) in [6, 6.07) is 16.9. The molecule has 7 heteroatoms. The number of Topliss-reactive ketones (excluding diaryl/α,β-unsaturated/α-hetero) is 1. The Morgan fingerprint density at radius 2 is 1.66 bits per heavy atom. The molecule has 1 atom stereocenters. The van der Waals surface area contributed by atoms with E-state index in [4.69, 9.17) is 16.6 Å². The minimum absolute atomic E-state index is 0.0609. The highest BCUT2D eigenvalue weighted by atomic mass is 35.5. The van der Waals surface area contributed by atoms with E-state index < -0.39 is 9.84 Å². The van der Waals surface area contributed by atoms with Gasteiger partial charge in [0.1, 0.15) is 5.78 Å². The first-order chi connectivity index (χ1) is 16.7. The van der Waals surface area contributed by atoms with Crippen molar-refractivity contribution in [2.45, 2.75) is 57.6 Å². The summed E-state index contributed by atoms with van der Waals surface area (Å²) < 4.78 is 24.0. The zero-order valence-corrected chi connectivity index (χ0v) is 21.9. The summed E-state index contributed by atoms with van der Waals surface area (Å²) >= 11 is 6.05. The number of hydrogen-bond acceptors (Lipinski definition) is 5. The van der Waals surface area contributed by atoms with E-state index in [0.717, 1.165) is 34.9 Å². The fourth-order valence-electron chi connectivity index (χ4n) is 4.77. The van der Waals surface area contributed by atoms with Crippen LogP contribution in [0.15, 0.2) is 65.7 Å². The van der Waals surface area contributed by atoms with Gasteiger partial charge in [0, 0.05) is 37.2 Å². The quantitative estimate of drug-likeness (QED) is 0.375. The number of benzene rings is 2. The fraction of sp³-hybridized carbons (Fsp3) is 0.357. The van der Waals surface area contributed by atoms with Crippen molar-refractivity contribution in [3.8, 4) is 0 Å². The molecule has 35 heavy (non-hydrogen) atoms. The molecule has 0 saturated carbocycles. The highest BCUT2D eigenvalue weighted by Gasteiger charge is 2.33. The molecule has 184 valence electrons. The molecule has 3 aromatic rings. The van der Waals surface area contributed by atoms with Crippen LogP contribution in [0.1, 0.15) is 54.8 Å². The molecule has 5 nitrogen and oxygen atoms in total. The smallest absolute Gasteiger partial charge is 0.178 e. The highest BCUT2D eigenvalue weighted by Crippen LogP contribution is 2.38. The topological polar surface area (TPSA) is 67.3 Å². The Labute approximate surface area is 213 Å². The fourth-order valence-corrected chi connectivity index (χ4v) is 5.78. The Balaban J connectivity index is 1.44. The van der Waals surface area contributed by atoms with Gasteiger partial charge in [-0.05, 0) is 52.4 Å². The number of carbonyl (C=O) groups is 1. The molecular weight excluding hydrogens is 480 g/mol. The molecule has 0 amide bonds. The Morgan fingerprint density at radius 1 is 1.03 bits per heavy atom. The summed E-state index contributed by atoms with van der Waals surface area (Å²) in [4.78, 5) is 20.3. The van der Waals surface area contributed by atoms with Crippen LogP contribution in [0.25, 0.3) is 0 Å². The molecular formula is C28H31ClN2O3S. The third-order valence-electron chi connectivity index (χ3n) is 6.50. The van der Waals surface area contributed by atoms with Gasteiger partial charge in [-0.1, -0.05) is 62.7 Å². The van der Waals surface area contributed by atoms with Crippen LogP contribution in [-0.2, 0) is 40.6 Å². The minimum Gasteiger partial charge on any atom is -0.299 e. The predicted molar refractivity (Wildman–Crippen MR) is 139 cm³/mol. The molecule has 0 radical (unpaired) electrons. The molecule has 4 rings (SSSR count). The summed E-state index contributed by atoms with van der Waals surface area (Å²) in [5.41, 5.74) is 5.21. The molecule has 0 saturated heterocycles. The standard InChI is InChI=1S/C28H31ClN2O3S/c1-4-35(33,34)26-11-7-20(8-12-26)14-25(32)15-22-13-23-18-31(17-21-5-9-24(29)10-6-21)28(19(2)3)27(23)30-16-22/h5-13,16,19,28H,4,14-15,17-18H2,1-3H3/t28-/m0/s1. The number of aromatic nitrogens is 1. The molecule has 0 aliphatic carbocycles. The third-order valence-corrected chi connectivity index (χ3v) is 8.50. The predicted octanol–water partition coefficient (Wildman–Crippen LogP) is 5.60. The lowest BCUT2D eigenvalue weighted by molar-refractivity contribution is -0.117. The molecule has 0 unspecified atom stereocenters. The van der Waals surface area contributed by atoms with E-state index in [-0.39, 0.29) is 24.0 Å². The highest BCUT2D eigenvalue weighted by molar-refractivity contribution is 7.91. The maximum absolute atomic E-state index is 12.8. The molecule has 1 aromatic heterocycles. The van der Waals surface area contributed by atoms with Gasteiger partial charge in [0.05, 0.1) is 22.4 Å². The molecule has 2 aromatic carbocycles. The second-order valence-corrected chi connectivity index (χ2v) is 12.3. The van der Waals surface area contributed by atoms with Crippen molar-refractivity contribution < 1.29 is 13.2 Å². The van der Waals surface area contributed by atoms with Crippen molar-refractivity contribution in [1.82, 2.24) is 9.88 Å². The second-order valence-electron chi connectivity index (χ2n) is 9.55.